The minimum Gasteiger partial charge on any atom is -0.480 e. The van der Waals surface area contributed by atoms with Gasteiger partial charge in [-0.3, -0.25) is 53.1 Å². The summed E-state index contributed by atoms with van der Waals surface area (Å²) in [6.07, 6.45) is -3.86. The molecule has 22 N–H and O–H groups in total. The van der Waals surface area contributed by atoms with Crippen LogP contribution >= 0.6 is 0 Å². The van der Waals surface area contributed by atoms with E-state index in [4.69, 9.17) is 48.6 Å². The topological polar surface area (TPSA) is 559 Å². The Hall–Kier alpha value is -10.3. The van der Waals surface area contributed by atoms with Crippen molar-refractivity contribution < 1.29 is 81.6 Å². The third-order valence-electron chi connectivity index (χ3n) is 15.2. The second-order valence-electron chi connectivity index (χ2n) is 26.6. The first-order valence-electron chi connectivity index (χ1n) is 33.2. The number of hydrogen-bond acceptors (Lipinski definition) is 18. The number of fused-ring (bicyclic) bond motifs is 3. The molecule has 0 fully saturated rings. The van der Waals surface area contributed by atoms with Gasteiger partial charge in [0.15, 0.2) is 18.0 Å². The van der Waals surface area contributed by atoms with Crippen LogP contribution in [0.4, 0.5) is 9.59 Å². The number of hydrogen-bond donors (Lipinski definition) is 16. The van der Waals surface area contributed by atoms with Crippen LogP contribution < -0.4 is 82.3 Å². The zero-order valence-corrected chi connectivity index (χ0v) is 58.6. The number of nitrogens with zero attached hydrogens (tertiary/aromatic N) is 2. The molecule has 9 atom stereocenters. The molecule has 2 aromatic carbocycles. The first-order valence-corrected chi connectivity index (χ1v) is 33.2. The molecule has 0 spiro atoms. The minimum atomic E-state index is -1.76. The fourth-order valence-electron chi connectivity index (χ4n) is 10.5. The summed E-state index contributed by atoms with van der Waals surface area (Å²) in [5, 5.41) is 32.4. The molecule has 0 saturated carbocycles. The van der Waals surface area contributed by atoms with Gasteiger partial charge in [-0.05, 0) is 125 Å². The number of primary amides is 2. The number of carboxylic acids is 1. The van der Waals surface area contributed by atoms with Crippen molar-refractivity contribution in [2.24, 2.45) is 62.1 Å². The molecule has 34 heteroatoms. The van der Waals surface area contributed by atoms with E-state index in [2.05, 4.69) is 57.8 Å². The van der Waals surface area contributed by atoms with Gasteiger partial charge in [0.25, 0.3) is 0 Å². The summed E-state index contributed by atoms with van der Waals surface area (Å²) in [6, 6.07) is 1.97. The van der Waals surface area contributed by atoms with E-state index < -0.39 is 170 Å². The second-order valence-corrected chi connectivity index (χ2v) is 26.6. The number of nitrogens with one attached hydrogen (secondary N) is 9. The number of ether oxygens (including phenoxy) is 3. The normalized spacial score (nSPS) is 14.4. The van der Waals surface area contributed by atoms with Gasteiger partial charge in [0.2, 0.25) is 53.2 Å². The van der Waals surface area contributed by atoms with Crippen LogP contribution in [0.2, 0.25) is 0 Å². The average Bonchev–Trinajstić information content (AvgIpc) is 1.62. The maximum absolute atomic E-state index is 14.6. The highest BCUT2D eigenvalue weighted by Crippen LogP contribution is 2.44. The molecule has 1 aliphatic carbocycles. The Kier molecular flexibility index (Phi) is 34.6. The van der Waals surface area contributed by atoms with Gasteiger partial charge in [0.1, 0.15) is 67.1 Å². The van der Waals surface area contributed by atoms with Crippen LogP contribution in [0.25, 0.3) is 11.1 Å². The number of rotatable bonds is 42. The molecule has 100 heavy (non-hydrogen) atoms. The molecule has 2 aromatic rings. The minimum absolute atomic E-state index is 0.00983. The number of carbonyl (C=O) groups is 13. The fourth-order valence-corrected chi connectivity index (χ4v) is 10.5. The lowest BCUT2D eigenvalue weighted by Crippen LogP contribution is -2.60. The number of nitrogens with two attached hydrogens (primary N) is 6. The van der Waals surface area contributed by atoms with E-state index in [1.807, 2.05) is 48.5 Å². The smallest absolute Gasteiger partial charge is 0.408 e. The number of carboxylic acid groups (broad SMARTS) is 1. The molecule has 0 heterocycles. The van der Waals surface area contributed by atoms with Crippen LogP contribution in [-0.4, -0.2) is 181 Å². The van der Waals surface area contributed by atoms with E-state index in [0.717, 1.165) is 22.3 Å². The Bertz CT molecular complexity index is 3190. The second kappa shape index (κ2) is 41.2. The molecule has 0 bridgehead atoms. The number of benzene rings is 2. The lowest BCUT2D eigenvalue weighted by molar-refractivity contribution is -0.151. The SMILES string of the molecule is CC(C)C[C@H](NC(=O)[C@H](CCCN=C(N)N)NC(=O)OCC1c2ccccc2-c2ccccc21)C(=O)N[C@@H](CCC(N)=O)C(=O)N[C@@H](CCCN=C(N)N)C(=O)N[C@@H](CC(C)C)C(=O)N[C@@H](CC(C)C)C(=O)N[C@@H](CCC(N)=O)C(=O)N[C@@H](C)C(=O)OC[C@H](NC(=O)OC(C)(C)C)C(=O)O. The van der Waals surface area contributed by atoms with Gasteiger partial charge in [0.05, 0.1) is 0 Å². The number of esters is 1. The van der Waals surface area contributed by atoms with Crippen LogP contribution in [0.5, 0.6) is 0 Å². The molecular weight excluding hydrogens is 1300 g/mol. The highest BCUT2D eigenvalue weighted by atomic mass is 16.6. The van der Waals surface area contributed by atoms with Crippen LogP contribution in [0, 0.1) is 17.8 Å². The highest BCUT2D eigenvalue weighted by Gasteiger charge is 2.37. The van der Waals surface area contributed by atoms with Gasteiger partial charge >= 0.3 is 24.1 Å². The molecule has 0 aromatic heterocycles. The van der Waals surface area contributed by atoms with E-state index in [9.17, 15) is 67.4 Å². The fraction of sp³-hybridized carbons (Fsp3) is 0.591. The number of alkyl carbamates (subject to hydrolysis) is 2. The van der Waals surface area contributed by atoms with Crippen LogP contribution in [0.15, 0.2) is 58.5 Å². The molecular formula is C66H103N17O17. The van der Waals surface area contributed by atoms with Crippen molar-refractivity contribution >= 4 is 89.2 Å². The number of amides is 11. The van der Waals surface area contributed by atoms with Crippen molar-refractivity contribution in [2.75, 3.05) is 26.3 Å². The molecule has 0 unspecified atom stereocenters. The predicted octanol–water partition coefficient (Wildman–Crippen LogP) is -0.395. The van der Waals surface area contributed by atoms with Crippen molar-refractivity contribution in [1.82, 2.24) is 47.9 Å². The summed E-state index contributed by atoms with van der Waals surface area (Å²) in [5.41, 5.74) is 36.1. The van der Waals surface area contributed by atoms with E-state index in [-0.39, 0.29) is 100 Å². The van der Waals surface area contributed by atoms with Crippen molar-refractivity contribution in [3.05, 3.63) is 59.7 Å². The van der Waals surface area contributed by atoms with Crippen LogP contribution in [-0.2, 0) is 67.0 Å². The monoisotopic (exact) mass is 1410 g/mol. The summed E-state index contributed by atoms with van der Waals surface area (Å²) in [4.78, 5) is 184. The molecule has 0 saturated heterocycles. The van der Waals surface area contributed by atoms with Crippen molar-refractivity contribution in [3.8, 4) is 11.1 Å². The van der Waals surface area contributed by atoms with E-state index in [0.29, 0.717) is 0 Å². The van der Waals surface area contributed by atoms with Gasteiger partial charge in [-0.1, -0.05) is 90.1 Å². The summed E-state index contributed by atoms with van der Waals surface area (Å²) >= 11 is 0. The first kappa shape index (κ1) is 83.9. The summed E-state index contributed by atoms with van der Waals surface area (Å²) < 4.78 is 15.9. The number of carbonyl (C=O) groups excluding carboxylic acids is 12. The molecule has 11 amide bonds. The standard InChI is InChI=1S/C66H103N17O17/c1-34(2)29-47(80-55(88)44(22-16-28-74-63(71)72)82-64(96)99-32-42-40-19-13-11-17-38(40)39-18-12-14-20-41(39)42)57(90)78-46(24-26-52(68)85)56(89)76-43(21-15-27-73-62(69)70)54(87)79-49(31-36(5)6)59(92)81-48(30-35(3)4)58(91)77-45(23-25-51(67)84)53(86)75-37(7)61(95)98-33-50(60(93)94)83-65(97)100-66(8,9)10/h11-14,17-20,34-37,42-50H,15-16,21-33H2,1-10H3,(H2,67,84)(H2,68,85)(H,75,86)(H,76,89)(H,77,91)(H,78,90)(H,79,87)(H,80,88)(H,81,92)(H,82,96)(H,83,97)(H,93,94)(H4,69,70,73)(H4,71,72,74)/t37-,43-,44-,45-,46-,47-,48-,49-,50-/m0/s1. The quantitative estimate of drug-likeness (QED) is 0.0132. The molecule has 1 aliphatic rings. The van der Waals surface area contributed by atoms with Gasteiger partial charge in [-0.25, -0.2) is 19.2 Å². The van der Waals surface area contributed by atoms with Crippen molar-refractivity contribution in [2.45, 2.75) is 206 Å². The predicted molar refractivity (Wildman–Crippen MR) is 368 cm³/mol. The van der Waals surface area contributed by atoms with Gasteiger partial charge < -0.3 is 102 Å². The van der Waals surface area contributed by atoms with E-state index in [1.165, 1.54) is 6.92 Å². The Morgan fingerprint density at radius 2 is 0.790 bits per heavy atom. The summed E-state index contributed by atoms with van der Waals surface area (Å²) in [5.74, 6) is -12.6. The van der Waals surface area contributed by atoms with E-state index >= 15 is 0 Å². The Balaban J connectivity index is 1.89. The zero-order valence-electron chi connectivity index (χ0n) is 58.6. The molecule has 0 radical (unpaired) electrons. The van der Waals surface area contributed by atoms with Crippen LogP contribution in [0.1, 0.15) is 157 Å². The van der Waals surface area contributed by atoms with Gasteiger partial charge in [-0.15, -0.1) is 0 Å². The zero-order chi connectivity index (χ0) is 75.1. The highest BCUT2D eigenvalue weighted by molar-refractivity contribution is 5.98. The average molecular weight is 1410 g/mol. The molecule has 34 nitrogen and oxygen atoms in total. The van der Waals surface area contributed by atoms with Crippen molar-refractivity contribution in [1.29, 1.82) is 0 Å². The van der Waals surface area contributed by atoms with Gasteiger partial charge in [-0.2, -0.15) is 0 Å². The largest absolute Gasteiger partial charge is 0.480 e. The number of guanidine groups is 2. The Morgan fingerprint density at radius 1 is 0.450 bits per heavy atom. The maximum Gasteiger partial charge on any atom is 0.408 e. The van der Waals surface area contributed by atoms with Gasteiger partial charge in [0, 0.05) is 31.8 Å². The third kappa shape index (κ3) is 30.6. The van der Waals surface area contributed by atoms with E-state index in [1.54, 1.807) is 62.3 Å². The number of aliphatic imine (C=N–C) groups is 2. The first-order chi connectivity index (χ1) is 46.8. The molecule has 554 valence electrons. The molecule has 3 rings (SSSR count). The Morgan fingerprint density at radius 3 is 1.15 bits per heavy atom. The lowest BCUT2D eigenvalue weighted by atomic mass is 9.98. The lowest BCUT2D eigenvalue weighted by Gasteiger charge is -2.29. The summed E-state index contributed by atoms with van der Waals surface area (Å²) in [6.45, 7) is 15.3. The number of aliphatic carboxylic acids is 1. The molecule has 0 aliphatic heterocycles. The summed E-state index contributed by atoms with van der Waals surface area (Å²) in [7, 11) is 0. The Labute approximate surface area is 581 Å². The third-order valence-corrected chi connectivity index (χ3v) is 15.2. The van der Waals surface area contributed by atoms with Crippen molar-refractivity contribution in [3.63, 3.8) is 0 Å². The van der Waals surface area contributed by atoms with Crippen LogP contribution in [0.3, 0.4) is 0 Å². The maximum atomic E-state index is 14.6.